The summed E-state index contributed by atoms with van der Waals surface area (Å²) in [5.74, 6) is 0.809. The van der Waals surface area contributed by atoms with E-state index in [9.17, 15) is 4.79 Å². The summed E-state index contributed by atoms with van der Waals surface area (Å²) in [6.07, 6.45) is 4.90. The van der Waals surface area contributed by atoms with E-state index in [2.05, 4.69) is 37.5 Å². The van der Waals surface area contributed by atoms with Crippen LogP contribution in [0.2, 0.25) is 0 Å². The Morgan fingerprint density at radius 2 is 2.16 bits per heavy atom. The lowest BCUT2D eigenvalue weighted by molar-refractivity contribution is 0.248. The van der Waals surface area contributed by atoms with Crippen molar-refractivity contribution in [3.63, 3.8) is 0 Å². The molecule has 25 heavy (non-hydrogen) atoms. The Kier molecular flexibility index (Phi) is 7.08. The monoisotopic (exact) mass is 362 g/mol. The lowest BCUT2D eigenvalue weighted by Crippen LogP contribution is -2.29. The van der Waals surface area contributed by atoms with Gasteiger partial charge in [-0.25, -0.2) is 19.7 Å². The van der Waals surface area contributed by atoms with Crippen molar-refractivity contribution in [2.75, 3.05) is 11.9 Å². The van der Waals surface area contributed by atoms with E-state index >= 15 is 0 Å². The Morgan fingerprint density at radius 3 is 2.92 bits per heavy atom. The van der Waals surface area contributed by atoms with Gasteiger partial charge in [-0.05, 0) is 12.5 Å². The molecule has 10 heteroatoms. The number of rotatable bonds is 8. The molecule has 0 fully saturated rings. The third-order valence-electron chi connectivity index (χ3n) is 3.17. The first kappa shape index (κ1) is 18.6. The number of amides is 2. The molecule has 0 saturated heterocycles. The predicted molar refractivity (Wildman–Crippen MR) is 99.2 cm³/mol. The maximum Gasteiger partial charge on any atom is 0.312 e. The Bertz CT molecular complexity index is 730. The second-order valence-electron chi connectivity index (χ2n) is 5.23. The first-order chi connectivity index (χ1) is 12.1. The minimum Gasteiger partial charge on any atom is -0.370 e. The number of unbranched alkanes of at least 4 members (excludes halogenated alkanes) is 2. The Hall–Kier alpha value is -2.75. The van der Waals surface area contributed by atoms with Crippen molar-refractivity contribution in [1.82, 2.24) is 20.3 Å². The van der Waals surface area contributed by atoms with Crippen molar-refractivity contribution >= 4 is 28.5 Å². The van der Waals surface area contributed by atoms with E-state index < -0.39 is 6.03 Å². The zero-order chi connectivity index (χ0) is 18.1. The number of hydrogen-bond acceptors (Lipinski definition) is 6. The highest BCUT2D eigenvalue weighted by molar-refractivity contribution is 7.14. The zero-order valence-electron chi connectivity index (χ0n) is 14.0. The van der Waals surface area contributed by atoms with Gasteiger partial charge in [-0.3, -0.25) is 4.99 Å². The smallest absolute Gasteiger partial charge is 0.312 e. The molecule has 0 radical (unpaired) electrons. The molecule has 0 aromatic carbocycles. The van der Waals surface area contributed by atoms with Crippen LogP contribution in [-0.4, -0.2) is 33.5 Å². The summed E-state index contributed by atoms with van der Waals surface area (Å²) < 4.78 is 0. The maximum absolute atomic E-state index is 10.8. The number of thiazole rings is 1. The molecule has 0 atom stereocenters. The molecule has 2 rings (SSSR count). The summed E-state index contributed by atoms with van der Waals surface area (Å²) in [7, 11) is 0. The highest BCUT2D eigenvalue weighted by atomic mass is 32.1. The maximum atomic E-state index is 10.8. The van der Waals surface area contributed by atoms with Gasteiger partial charge in [-0.2, -0.15) is 0 Å². The predicted octanol–water partition coefficient (Wildman–Crippen LogP) is 1.69. The molecule has 0 saturated carbocycles. The topological polar surface area (TPSA) is 144 Å². The molecule has 2 heterocycles. The van der Waals surface area contributed by atoms with E-state index in [1.807, 2.05) is 5.38 Å². The molecule has 2 aromatic heterocycles. The van der Waals surface area contributed by atoms with Crippen molar-refractivity contribution in [3.8, 4) is 11.5 Å². The minimum atomic E-state index is -0.603. The lowest BCUT2D eigenvalue weighted by atomic mass is 10.2. The van der Waals surface area contributed by atoms with E-state index in [1.54, 1.807) is 12.3 Å². The van der Waals surface area contributed by atoms with Crippen molar-refractivity contribution in [2.45, 2.75) is 32.7 Å². The number of urea groups is 1. The van der Waals surface area contributed by atoms with Crippen LogP contribution in [0.4, 0.5) is 9.93 Å². The lowest BCUT2D eigenvalue weighted by Gasteiger charge is -2.03. The van der Waals surface area contributed by atoms with Gasteiger partial charge >= 0.3 is 6.03 Å². The number of guanidine groups is 1. The Morgan fingerprint density at radius 1 is 1.32 bits per heavy atom. The zero-order valence-corrected chi connectivity index (χ0v) is 14.8. The number of nitrogens with two attached hydrogens (primary N) is 2. The molecule has 2 aromatic rings. The Labute approximate surface area is 150 Å². The summed E-state index contributed by atoms with van der Waals surface area (Å²) in [5.41, 5.74) is 12.2. The van der Waals surface area contributed by atoms with Crippen LogP contribution in [0.15, 0.2) is 22.6 Å². The molecule has 2 amide bonds. The van der Waals surface area contributed by atoms with E-state index in [0.717, 1.165) is 19.3 Å². The van der Waals surface area contributed by atoms with Crippen molar-refractivity contribution in [2.24, 2.45) is 16.5 Å². The van der Waals surface area contributed by atoms with Crippen LogP contribution < -0.4 is 22.1 Å². The number of aromatic nitrogens is 3. The van der Waals surface area contributed by atoms with Gasteiger partial charge in [0.15, 0.2) is 16.9 Å². The average molecular weight is 362 g/mol. The van der Waals surface area contributed by atoms with Crippen LogP contribution in [0.1, 0.15) is 31.9 Å². The van der Waals surface area contributed by atoms with Crippen molar-refractivity contribution in [1.29, 1.82) is 0 Å². The molecule has 0 spiro atoms. The van der Waals surface area contributed by atoms with Crippen LogP contribution in [0.5, 0.6) is 0 Å². The molecule has 0 unspecified atom stereocenters. The molecule has 134 valence electrons. The SMILES string of the molecule is CCCCCN=C(N)Nc1nc(-c2nccc(CNC(N)=O)n2)cs1. The van der Waals surface area contributed by atoms with Crippen molar-refractivity contribution < 1.29 is 4.79 Å². The second kappa shape index (κ2) is 9.52. The minimum absolute atomic E-state index is 0.234. The average Bonchev–Trinajstić information content (AvgIpc) is 3.05. The van der Waals surface area contributed by atoms with E-state index in [0.29, 0.717) is 34.8 Å². The molecular weight excluding hydrogens is 340 g/mol. The Balaban J connectivity index is 1.98. The molecule has 6 N–H and O–H groups in total. The van der Waals surface area contributed by atoms with Gasteiger partial charge in [0.25, 0.3) is 0 Å². The fourth-order valence-corrected chi connectivity index (χ4v) is 2.64. The largest absolute Gasteiger partial charge is 0.370 e. The van der Waals surface area contributed by atoms with E-state index in [-0.39, 0.29) is 6.54 Å². The summed E-state index contributed by atoms with van der Waals surface area (Å²) in [6.45, 7) is 3.07. The number of carbonyl (C=O) groups excluding carboxylic acids is 1. The number of carbonyl (C=O) groups is 1. The van der Waals surface area contributed by atoms with Gasteiger partial charge in [0.05, 0.1) is 12.2 Å². The van der Waals surface area contributed by atoms with E-state index in [4.69, 9.17) is 11.5 Å². The molecule has 0 bridgehead atoms. The summed E-state index contributed by atoms with van der Waals surface area (Å²) in [5, 5.41) is 7.90. The summed E-state index contributed by atoms with van der Waals surface area (Å²) >= 11 is 1.39. The molecule has 0 aliphatic heterocycles. The number of hydrogen-bond donors (Lipinski definition) is 4. The van der Waals surface area contributed by atoms with Gasteiger partial charge in [-0.1, -0.05) is 19.8 Å². The van der Waals surface area contributed by atoms with Gasteiger partial charge in [0, 0.05) is 18.1 Å². The number of anilines is 1. The highest BCUT2D eigenvalue weighted by Gasteiger charge is 2.09. The normalized spacial score (nSPS) is 11.3. The van der Waals surface area contributed by atoms with Gasteiger partial charge < -0.3 is 22.1 Å². The number of aliphatic imine (C=N–C) groups is 1. The van der Waals surface area contributed by atoms with Crippen LogP contribution in [0.25, 0.3) is 11.5 Å². The number of nitrogens with zero attached hydrogens (tertiary/aromatic N) is 4. The first-order valence-electron chi connectivity index (χ1n) is 7.96. The molecular formula is C15H22N8OS. The van der Waals surface area contributed by atoms with Crippen LogP contribution in [0.3, 0.4) is 0 Å². The first-order valence-corrected chi connectivity index (χ1v) is 8.84. The van der Waals surface area contributed by atoms with Gasteiger partial charge in [0.2, 0.25) is 0 Å². The second-order valence-corrected chi connectivity index (χ2v) is 6.08. The van der Waals surface area contributed by atoms with Gasteiger partial charge in [-0.15, -0.1) is 11.3 Å². The highest BCUT2D eigenvalue weighted by Crippen LogP contribution is 2.22. The molecule has 0 aliphatic carbocycles. The fourth-order valence-electron chi connectivity index (χ4n) is 1.94. The standard InChI is InChI=1S/C15H22N8OS/c1-2-3-4-6-19-13(16)23-15-22-11(9-25-15)12-18-7-5-10(21-12)8-20-14(17)24/h5,7,9H,2-4,6,8H2,1H3,(H3,17,20,24)(H3,16,19,22,23). The van der Waals surface area contributed by atoms with Gasteiger partial charge in [0.1, 0.15) is 5.69 Å². The summed E-state index contributed by atoms with van der Waals surface area (Å²) in [6, 6.07) is 1.10. The van der Waals surface area contributed by atoms with Crippen LogP contribution in [0, 0.1) is 0 Å². The number of primary amides is 1. The fraction of sp³-hybridized carbons (Fsp3) is 0.400. The molecule has 9 nitrogen and oxygen atoms in total. The van der Waals surface area contributed by atoms with Crippen LogP contribution >= 0.6 is 11.3 Å². The summed E-state index contributed by atoms with van der Waals surface area (Å²) in [4.78, 5) is 28.0. The van der Waals surface area contributed by atoms with Crippen LogP contribution in [-0.2, 0) is 6.54 Å². The third kappa shape index (κ3) is 6.34. The van der Waals surface area contributed by atoms with Crippen molar-refractivity contribution in [3.05, 3.63) is 23.3 Å². The third-order valence-corrected chi connectivity index (χ3v) is 3.93. The molecule has 0 aliphatic rings. The van der Waals surface area contributed by atoms with E-state index in [1.165, 1.54) is 11.3 Å². The number of nitrogens with one attached hydrogen (secondary N) is 2. The quantitative estimate of drug-likeness (QED) is 0.319.